The van der Waals surface area contributed by atoms with Gasteiger partial charge in [0, 0.05) is 13.0 Å². The fraction of sp³-hybridized carbons (Fsp3) is 0.467. The number of benzene rings is 1. The third-order valence-electron chi connectivity index (χ3n) is 2.95. The lowest BCUT2D eigenvalue weighted by molar-refractivity contribution is -0.137. The molecular weight excluding hydrogens is 258 g/mol. The molecule has 0 aliphatic rings. The van der Waals surface area contributed by atoms with E-state index in [1.165, 1.54) is 7.11 Å². The average Bonchev–Trinajstić information content (AvgIpc) is 2.45. The molecule has 0 aliphatic heterocycles. The van der Waals surface area contributed by atoms with Crippen molar-refractivity contribution in [2.24, 2.45) is 0 Å². The number of nitrogens with one attached hydrogen (secondary N) is 1. The van der Waals surface area contributed by atoms with Crippen molar-refractivity contribution >= 4 is 11.9 Å². The van der Waals surface area contributed by atoms with E-state index < -0.39 is 5.97 Å². The van der Waals surface area contributed by atoms with Gasteiger partial charge in [-0.15, -0.1) is 0 Å². The molecule has 1 aromatic rings. The summed E-state index contributed by atoms with van der Waals surface area (Å²) in [5.74, 6) is -1.06. The van der Waals surface area contributed by atoms with Gasteiger partial charge in [-0.1, -0.05) is 18.6 Å². The van der Waals surface area contributed by atoms with Crippen LogP contribution in [0.25, 0.3) is 0 Å². The highest BCUT2D eigenvalue weighted by Crippen LogP contribution is 2.06. The molecule has 0 fully saturated rings. The molecule has 0 aliphatic carbocycles. The lowest BCUT2D eigenvalue weighted by Crippen LogP contribution is -2.14. The Kier molecular flexibility index (Phi) is 7.35. The van der Waals surface area contributed by atoms with Crippen LogP contribution in [0.2, 0.25) is 0 Å². The molecular formula is C15H21NO4. The normalized spacial score (nSPS) is 10.2. The third kappa shape index (κ3) is 6.33. The summed E-state index contributed by atoms with van der Waals surface area (Å²) in [7, 11) is 1.36. The zero-order valence-electron chi connectivity index (χ0n) is 11.7. The number of hydrogen-bond donors (Lipinski definition) is 2. The molecule has 5 heteroatoms. The number of rotatable bonds is 9. The molecule has 0 bridgehead atoms. The summed E-state index contributed by atoms with van der Waals surface area (Å²) < 4.78 is 4.63. The molecule has 0 amide bonds. The first-order valence-corrected chi connectivity index (χ1v) is 6.73. The van der Waals surface area contributed by atoms with E-state index in [-0.39, 0.29) is 12.4 Å². The van der Waals surface area contributed by atoms with Gasteiger partial charge in [-0.2, -0.15) is 0 Å². The van der Waals surface area contributed by atoms with Gasteiger partial charge in [-0.05, 0) is 37.1 Å². The van der Waals surface area contributed by atoms with E-state index in [9.17, 15) is 9.59 Å². The number of aliphatic carboxylic acids is 1. The molecule has 1 aromatic carbocycles. The van der Waals surface area contributed by atoms with Gasteiger partial charge in [-0.25, -0.2) is 4.79 Å². The second-order valence-electron chi connectivity index (χ2n) is 4.57. The Morgan fingerprint density at radius 1 is 1.15 bits per heavy atom. The lowest BCUT2D eigenvalue weighted by atomic mass is 10.1. The van der Waals surface area contributed by atoms with Crippen LogP contribution in [-0.2, 0) is 16.1 Å². The predicted octanol–water partition coefficient (Wildman–Crippen LogP) is 2.21. The van der Waals surface area contributed by atoms with Gasteiger partial charge in [-0.3, -0.25) is 4.79 Å². The molecule has 110 valence electrons. The molecule has 1 rings (SSSR count). The Bertz CT molecular complexity index is 428. The zero-order valence-corrected chi connectivity index (χ0v) is 11.7. The molecule has 0 spiro atoms. The van der Waals surface area contributed by atoms with E-state index in [0.717, 1.165) is 37.9 Å². The number of methoxy groups -OCH3 is 1. The number of hydrogen-bond acceptors (Lipinski definition) is 4. The van der Waals surface area contributed by atoms with Gasteiger partial charge in [0.2, 0.25) is 0 Å². The van der Waals surface area contributed by atoms with E-state index in [0.29, 0.717) is 5.56 Å². The average molecular weight is 279 g/mol. The van der Waals surface area contributed by atoms with E-state index in [1.807, 2.05) is 12.1 Å². The molecule has 0 aromatic heterocycles. The van der Waals surface area contributed by atoms with Gasteiger partial charge in [0.15, 0.2) is 0 Å². The second-order valence-corrected chi connectivity index (χ2v) is 4.57. The van der Waals surface area contributed by atoms with Crippen LogP contribution in [0.15, 0.2) is 24.3 Å². The van der Waals surface area contributed by atoms with Gasteiger partial charge < -0.3 is 15.2 Å². The van der Waals surface area contributed by atoms with E-state index in [1.54, 1.807) is 12.1 Å². The van der Waals surface area contributed by atoms with Gasteiger partial charge in [0.25, 0.3) is 0 Å². The summed E-state index contributed by atoms with van der Waals surface area (Å²) in [5, 5.41) is 11.8. The number of carboxylic acid groups (broad SMARTS) is 1. The highest BCUT2D eigenvalue weighted by Gasteiger charge is 2.03. The smallest absolute Gasteiger partial charge is 0.337 e. The topological polar surface area (TPSA) is 75.6 Å². The minimum atomic E-state index is -0.733. The second kappa shape index (κ2) is 9.09. The quantitative estimate of drug-likeness (QED) is 0.535. The summed E-state index contributed by atoms with van der Waals surface area (Å²) in [6.45, 7) is 1.60. The maximum Gasteiger partial charge on any atom is 0.337 e. The number of unbranched alkanes of at least 4 members (excludes halogenated alkanes) is 2. The van der Waals surface area contributed by atoms with Crippen LogP contribution >= 0.6 is 0 Å². The van der Waals surface area contributed by atoms with E-state index in [4.69, 9.17) is 5.11 Å². The van der Waals surface area contributed by atoms with Crippen LogP contribution in [-0.4, -0.2) is 30.7 Å². The summed E-state index contributed by atoms with van der Waals surface area (Å²) in [5.41, 5.74) is 1.65. The Hall–Kier alpha value is -1.88. The Balaban J connectivity index is 2.16. The molecule has 5 nitrogen and oxygen atoms in total. The maximum atomic E-state index is 11.3. The van der Waals surface area contributed by atoms with Crippen molar-refractivity contribution < 1.29 is 19.4 Å². The number of carboxylic acids is 1. The first-order chi connectivity index (χ1) is 9.63. The number of carbonyl (C=O) groups is 2. The van der Waals surface area contributed by atoms with Gasteiger partial charge in [0.05, 0.1) is 12.7 Å². The van der Waals surface area contributed by atoms with Crippen molar-refractivity contribution in [1.82, 2.24) is 5.32 Å². The Morgan fingerprint density at radius 3 is 2.45 bits per heavy atom. The first-order valence-electron chi connectivity index (χ1n) is 6.73. The van der Waals surface area contributed by atoms with Crippen LogP contribution in [0, 0.1) is 0 Å². The number of carbonyl (C=O) groups excluding carboxylic acids is 1. The summed E-state index contributed by atoms with van der Waals surface area (Å²) in [6, 6.07) is 7.28. The lowest BCUT2D eigenvalue weighted by Gasteiger charge is -2.05. The molecule has 0 atom stereocenters. The standard InChI is InChI=1S/C15H21NO4/c1-20-15(19)13-8-6-12(7-9-13)11-16-10-4-2-3-5-14(17)18/h6-9,16H,2-5,10-11H2,1H3,(H,17,18). The SMILES string of the molecule is COC(=O)c1ccc(CNCCCCCC(=O)O)cc1. The highest BCUT2D eigenvalue weighted by atomic mass is 16.5. The van der Waals surface area contributed by atoms with E-state index in [2.05, 4.69) is 10.1 Å². The van der Waals surface area contributed by atoms with Gasteiger partial charge in [0.1, 0.15) is 0 Å². The Labute approximate surface area is 118 Å². The van der Waals surface area contributed by atoms with Crippen molar-refractivity contribution in [2.45, 2.75) is 32.2 Å². The molecule has 0 radical (unpaired) electrons. The highest BCUT2D eigenvalue weighted by molar-refractivity contribution is 5.89. The fourth-order valence-corrected chi connectivity index (χ4v) is 1.81. The molecule has 0 saturated heterocycles. The monoisotopic (exact) mass is 279 g/mol. The summed E-state index contributed by atoms with van der Waals surface area (Å²) in [4.78, 5) is 21.6. The van der Waals surface area contributed by atoms with Crippen LogP contribution in [0.3, 0.4) is 0 Å². The summed E-state index contributed by atoms with van der Waals surface area (Å²) >= 11 is 0. The molecule has 0 unspecified atom stereocenters. The van der Waals surface area contributed by atoms with Gasteiger partial charge >= 0.3 is 11.9 Å². The van der Waals surface area contributed by atoms with Crippen molar-refractivity contribution in [3.8, 4) is 0 Å². The molecule has 2 N–H and O–H groups in total. The maximum absolute atomic E-state index is 11.3. The van der Waals surface area contributed by atoms with Crippen LogP contribution < -0.4 is 5.32 Å². The van der Waals surface area contributed by atoms with Crippen molar-refractivity contribution in [3.05, 3.63) is 35.4 Å². The Morgan fingerprint density at radius 2 is 1.85 bits per heavy atom. The fourth-order valence-electron chi connectivity index (χ4n) is 1.81. The minimum absolute atomic E-state index is 0.245. The van der Waals surface area contributed by atoms with Crippen LogP contribution in [0.1, 0.15) is 41.6 Å². The minimum Gasteiger partial charge on any atom is -0.481 e. The van der Waals surface area contributed by atoms with Crippen molar-refractivity contribution in [2.75, 3.05) is 13.7 Å². The molecule has 0 heterocycles. The number of ether oxygens (including phenoxy) is 1. The van der Waals surface area contributed by atoms with Crippen LogP contribution in [0.4, 0.5) is 0 Å². The zero-order chi connectivity index (χ0) is 14.8. The predicted molar refractivity (Wildman–Crippen MR) is 75.6 cm³/mol. The molecule has 0 saturated carbocycles. The largest absolute Gasteiger partial charge is 0.481 e. The van der Waals surface area contributed by atoms with Crippen molar-refractivity contribution in [1.29, 1.82) is 0 Å². The first kappa shape index (κ1) is 16.2. The van der Waals surface area contributed by atoms with E-state index >= 15 is 0 Å². The third-order valence-corrected chi connectivity index (χ3v) is 2.95. The number of esters is 1. The van der Waals surface area contributed by atoms with Crippen LogP contribution in [0.5, 0.6) is 0 Å². The van der Waals surface area contributed by atoms with Crippen molar-refractivity contribution in [3.63, 3.8) is 0 Å². The molecule has 20 heavy (non-hydrogen) atoms. The summed E-state index contributed by atoms with van der Waals surface area (Å²) in [6.07, 6.45) is 2.86.